The summed E-state index contributed by atoms with van der Waals surface area (Å²) in [5, 5.41) is 2.71. The Hall–Kier alpha value is -2.61. The van der Waals surface area contributed by atoms with Gasteiger partial charge < -0.3 is 14.8 Å². The molecule has 0 saturated carbocycles. The molecule has 1 N–H and O–H groups in total. The van der Waals surface area contributed by atoms with Gasteiger partial charge in [0.25, 0.3) is 5.91 Å². The number of benzene rings is 1. The van der Waals surface area contributed by atoms with Crippen LogP contribution >= 0.6 is 15.9 Å². The molecule has 2 heterocycles. The first-order valence-corrected chi connectivity index (χ1v) is 9.23. The molecule has 1 aliphatic heterocycles. The average Bonchev–Trinajstić information content (AvgIpc) is 2.87. The zero-order valence-electron chi connectivity index (χ0n) is 15.5. The van der Waals surface area contributed by atoms with Crippen molar-refractivity contribution in [1.29, 1.82) is 0 Å². The molecule has 1 fully saturated rings. The zero-order valence-corrected chi connectivity index (χ0v) is 17.1. The molecule has 7 nitrogen and oxygen atoms in total. The van der Waals surface area contributed by atoms with Gasteiger partial charge in [0.2, 0.25) is 0 Å². The average molecular weight is 434 g/mol. The van der Waals surface area contributed by atoms with Gasteiger partial charge in [-0.15, -0.1) is 0 Å². The summed E-state index contributed by atoms with van der Waals surface area (Å²) >= 11 is 3.48. The number of aromatic nitrogens is 1. The zero-order chi connectivity index (χ0) is 19.8. The number of carbonyl (C=O) groups excluding carboxylic acids is 2. The minimum atomic E-state index is -0.926. The number of urea groups is 1. The quantitative estimate of drug-likeness (QED) is 0.715. The van der Waals surface area contributed by atoms with E-state index in [1.54, 1.807) is 32.2 Å². The van der Waals surface area contributed by atoms with E-state index >= 15 is 0 Å². The Bertz CT molecular complexity index is 918. The number of carbonyl (C=O) groups is 2. The number of nitrogens with zero attached hydrogens (tertiary/aromatic N) is 2. The third-order valence-electron chi connectivity index (χ3n) is 4.64. The van der Waals surface area contributed by atoms with Crippen LogP contribution in [0.1, 0.15) is 25.8 Å². The number of amides is 3. The number of anilines is 1. The standard InChI is InChI=1S/C19H20BrN3O4/c1-5-19(3)17(24)23(18(25)22-19)16-10-12(6-7-21-16)27-13-8-14(20)11(2)15(9-13)26-4/h6-10H,5H2,1-4H3,(H,22,25)/t19-/m0/s1. The van der Waals surface area contributed by atoms with E-state index in [2.05, 4.69) is 26.2 Å². The molecule has 142 valence electrons. The molecule has 3 amide bonds. The monoisotopic (exact) mass is 433 g/mol. The number of pyridine rings is 1. The van der Waals surface area contributed by atoms with E-state index in [1.165, 1.54) is 6.20 Å². The largest absolute Gasteiger partial charge is 0.496 e. The summed E-state index contributed by atoms with van der Waals surface area (Å²) < 4.78 is 12.1. The fourth-order valence-corrected chi connectivity index (χ4v) is 3.18. The fourth-order valence-electron chi connectivity index (χ4n) is 2.75. The predicted molar refractivity (Wildman–Crippen MR) is 104 cm³/mol. The summed E-state index contributed by atoms with van der Waals surface area (Å²) in [5.74, 6) is 1.56. The molecule has 0 radical (unpaired) electrons. The summed E-state index contributed by atoms with van der Waals surface area (Å²) in [5.41, 5.74) is 0.0311. The second-order valence-corrected chi connectivity index (χ2v) is 7.29. The number of methoxy groups -OCH3 is 1. The van der Waals surface area contributed by atoms with Gasteiger partial charge in [-0.05, 0) is 32.4 Å². The van der Waals surface area contributed by atoms with E-state index in [-0.39, 0.29) is 11.7 Å². The van der Waals surface area contributed by atoms with Gasteiger partial charge >= 0.3 is 6.03 Å². The van der Waals surface area contributed by atoms with Gasteiger partial charge in [0, 0.05) is 28.4 Å². The lowest BCUT2D eigenvalue weighted by atomic mass is 9.99. The number of rotatable bonds is 5. The van der Waals surface area contributed by atoms with Crippen LogP contribution in [0.2, 0.25) is 0 Å². The van der Waals surface area contributed by atoms with E-state index in [4.69, 9.17) is 9.47 Å². The third-order valence-corrected chi connectivity index (χ3v) is 5.46. The maximum atomic E-state index is 12.6. The lowest BCUT2D eigenvalue weighted by molar-refractivity contribution is -0.121. The molecule has 0 spiro atoms. The molecule has 2 aromatic rings. The van der Waals surface area contributed by atoms with Crippen molar-refractivity contribution in [3.05, 3.63) is 40.5 Å². The van der Waals surface area contributed by atoms with Crippen LogP contribution in [-0.2, 0) is 4.79 Å². The van der Waals surface area contributed by atoms with Crippen molar-refractivity contribution in [3.8, 4) is 17.2 Å². The number of hydrogen-bond acceptors (Lipinski definition) is 5. The number of imide groups is 1. The first-order chi connectivity index (χ1) is 12.8. The van der Waals surface area contributed by atoms with E-state index < -0.39 is 11.6 Å². The van der Waals surface area contributed by atoms with Crippen molar-refractivity contribution < 1.29 is 19.1 Å². The van der Waals surface area contributed by atoms with Gasteiger partial charge in [-0.1, -0.05) is 22.9 Å². The van der Waals surface area contributed by atoms with Crippen molar-refractivity contribution in [3.63, 3.8) is 0 Å². The topological polar surface area (TPSA) is 80.8 Å². The van der Waals surface area contributed by atoms with Crippen molar-refractivity contribution in [2.75, 3.05) is 12.0 Å². The molecule has 1 saturated heterocycles. The fraction of sp³-hybridized carbons (Fsp3) is 0.316. The van der Waals surface area contributed by atoms with Crippen LogP contribution in [-0.4, -0.2) is 29.6 Å². The second-order valence-electron chi connectivity index (χ2n) is 6.44. The molecule has 1 aromatic heterocycles. The maximum Gasteiger partial charge on any atom is 0.330 e. The first-order valence-electron chi connectivity index (χ1n) is 8.44. The van der Waals surface area contributed by atoms with Crippen LogP contribution in [0.4, 0.5) is 10.6 Å². The Morgan fingerprint density at radius 3 is 2.63 bits per heavy atom. The molecule has 0 unspecified atom stereocenters. The molecule has 8 heteroatoms. The summed E-state index contributed by atoms with van der Waals surface area (Å²) in [6, 6.07) is 6.30. The lowest BCUT2D eigenvalue weighted by Gasteiger charge is -2.19. The van der Waals surface area contributed by atoms with Crippen molar-refractivity contribution in [1.82, 2.24) is 10.3 Å². The van der Waals surface area contributed by atoms with Gasteiger partial charge in [0.1, 0.15) is 28.6 Å². The Morgan fingerprint density at radius 2 is 2.00 bits per heavy atom. The summed E-state index contributed by atoms with van der Waals surface area (Å²) in [6.45, 7) is 5.47. The van der Waals surface area contributed by atoms with Crippen molar-refractivity contribution in [2.24, 2.45) is 0 Å². The van der Waals surface area contributed by atoms with Crippen LogP contribution in [0.25, 0.3) is 0 Å². The van der Waals surface area contributed by atoms with E-state index in [0.29, 0.717) is 23.7 Å². The number of hydrogen-bond donors (Lipinski definition) is 1. The molecular weight excluding hydrogens is 414 g/mol. The van der Waals surface area contributed by atoms with E-state index in [9.17, 15) is 9.59 Å². The number of nitrogens with one attached hydrogen (secondary N) is 1. The highest BCUT2D eigenvalue weighted by atomic mass is 79.9. The van der Waals surface area contributed by atoms with Gasteiger partial charge in [-0.2, -0.15) is 0 Å². The maximum absolute atomic E-state index is 12.6. The molecule has 0 aliphatic carbocycles. The third kappa shape index (κ3) is 3.49. The second kappa shape index (κ2) is 7.19. The smallest absolute Gasteiger partial charge is 0.330 e. The molecule has 1 aliphatic rings. The predicted octanol–water partition coefficient (Wildman–Crippen LogP) is 4.18. The number of halogens is 1. The van der Waals surface area contributed by atoms with Crippen molar-refractivity contribution in [2.45, 2.75) is 32.7 Å². The summed E-state index contributed by atoms with van der Waals surface area (Å²) in [4.78, 5) is 30.1. The molecule has 0 bridgehead atoms. The molecule has 1 atom stereocenters. The SMILES string of the molecule is CC[C@]1(C)NC(=O)N(c2cc(Oc3cc(Br)c(C)c(OC)c3)ccn2)C1=O. The molecular formula is C19H20BrN3O4. The minimum absolute atomic E-state index is 0.213. The first kappa shape index (κ1) is 19.2. The molecule has 3 rings (SSSR count). The van der Waals surface area contributed by atoms with Crippen LogP contribution in [0, 0.1) is 6.92 Å². The lowest BCUT2D eigenvalue weighted by Crippen LogP contribution is -2.43. The van der Waals surface area contributed by atoms with E-state index in [1.807, 2.05) is 19.9 Å². The summed E-state index contributed by atoms with van der Waals surface area (Å²) in [7, 11) is 1.59. The molecule has 1 aromatic carbocycles. The Kier molecular flexibility index (Phi) is 5.10. The van der Waals surface area contributed by atoms with Gasteiger partial charge in [-0.3, -0.25) is 4.79 Å². The normalized spacial score (nSPS) is 19.2. The highest BCUT2D eigenvalue weighted by Gasteiger charge is 2.47. The highest BCUT2D eigenvalue weighted by molar-refractivity contribution is 9.10. The van der Waals surface area contributed by atoms with E-state index in [0.717, 1.165) is 14.9 Å². The van der Waals surface area contributed by atoms with Crippen LogP contribution in [0.5, 0.6) is 17.2 Å². The minimum Gasteiger partial charge on any atom is -0.496 e. The highest BCUT2D eigenvalue weighted by Crippen LogP contribution is 2.35. The van der Waals surface area contributed by atoms with Gasteiger partial charge in [-0.25, -0.2) is 14.7 Å². The van der Waals surface area contributed by atoms with Crippen LogP contribution in [0.15, 0.2) is 34.9 Å². The molecule has 27 heavy (non-hydrogen) atoms. The Morgan fingerprint density at radius 1 is 1.26 bits per heavy atom. The Labute approximate surface area is 165 Å². The van der Waals surface area contributed by atoms with Gasteiger partial charge in [0.05, 0.1) is 7.11 Å². The number of ether oxygens (including phenoxy) is 2. The van der Waals surface area contributed by atoms with Crippen LogP contribution < -0.4 is 19.7 Å². The summed E-state index contributed by atoms with van der Waals surface area (Å²) in [6.07, 6.45) is 1.98. The van der Waals surface area contributed by atoms with Gasteiger partial charge in [0.15, 0.2) is 0 Å². The Balaban J connectivity index is 1.90. The van der Waals surface area contributed by atoms with Crippen LogP contribution in [0.3, 0.4) is 0 Å². The van der Waals surface area contributed by atoms with Crippen molar-refractivity contribution >= 4 is 33.7 Å².